The van der Waals surface area contributed by atoms with Gasteiger partial charge < -0.3 is 10.2 Å². The summed E-state index contributed by atoms with van der Waals surface area (Å²) < 4.78 is 0. The first-order chi connectivity index (χ1) is 4.75. The average Bonchev–Trinajstić information content (AvgIpc) is 1.82. The Morgan fingerprint density at radius 1 is 1.70 bits per heavy atom. The highest BCUT2D eigenvalue weighted by Crippen LogP contribution is 2.05. The summed E-state index contributed by atoms with van der Waals surface area (Å²) in [6.07, 6.45) is 0. The molecule has 0 aliphatic carbocycles. The van der Waals surface area contributed by atoms with Crippen LogP contribution in [-0.4, -0.2) is 37.5 Å². The van der Waals surface area contributed by atoms with E-state index in [9.17, 15) is 4.79 Å². The van der Waals surface area contributed by atoms with E-state index in [1.54, 1.807) is 4.90 Å². The molecule has 0 aromatic heterocycles. The maximum absolute atomic E-state index is 11.2. The van der Waals surface area contributed by atoms with Gasteiger partial charge in [0.1, 0.15) is 0 Å². The van der Waals surface area contributed by atoms with Gasteiger partial charge in [0.25, 0.3) is 0 Å². The monoisotopic (exact) mass is 142 g/mol. The molecule has 58 valence electrons. The molecule has 0 bridgehead atoms. The summed E-state index contributed by atoms with van der Waals surface area (Å²) in [5.74, 6) is 0.534. The van der Waals surface area contributed by atoms with Crippen LogP contribution in [0, 0.1) is 5.92 Å². The van der Waals surface area contributed by atoms with Gasteiger partial charge in [-0.3, -0.25) is 4.79 Å². The van der Waals surface area contributed by atoms with Crippen molar-refractivity contribution in [3.63, 3.8) is 0 Å². The predicted octanol–water partition coefficient (Wildman–Crippen LogP) is -0.316. The first-order valence-electron chi connectivity index (χ1n) is 3.71. The van der Waals surface area contributed by atoms with Crippen LogP contribution in [0.15, 0.2) is 0 Å². The fourth-order valence-corrected chi connectivity index (χ4v) is 0.931. The Morgan fingerprint density at radius 2 is 2.30 bits per heavy atom. The molecule has 0 spiro atoms. The van der Waals surface area contributed by atoms with Crippen LogP contribution in [-0.2, 0) is 4.79 Å². The molecule has 1 aliphatic heterocycles. The Bertz CT molecular complexity index is 125. The summed E-state index contributed by atoms with van der Waals surface area (Å²) in [4.78, 5) is 13.0. The number of carbonyl (C=O) groups excluding carboxylic acids is 1. The molecular weight excluding hydrogens is 128 g/mol. The lowest BCUT2D eigenvalue weighted by Gasteiger charge is -2.29. The largest absolute Gasteiger partial charge is 0.346 e. The number of carbonyl (C=O) groups is 1. The standard InChI is InChI=1S/C7H14N2O/c1-3-9(2)7(10)6-4-8-5-6/h6,8H,3-5H2,1-2H3. The molecule has 1 aliphatic rings. The number of nitrogens with one attached hydrogen (secondary N) is 1. The number of rotatable bonds is 2. The first-order valence-corrected chi connectivity index (χ1v) is 3.71. The van der Waals surface area contributed by atoms with Gasteiger partial charge in [0.05, 0.1) is 5.92 Å². The Balaban J connectivity index is 2.32. The molecule has 3 nitrogen and oxygen atoms in total. The van der Waals surface area contributed by atoms with E-state index in [1.165, 1.54) is 0 Å². The van der Waals surface area contributed by atoms with Gasteiger partial charge in [-0.2, -0.15) is 0 Å². The molecule has 1 heterocycles. The summed E-state index contributed by atoms with van der Waals surface area (Å²) in [6.45, 7) is 4.53. The quantitative estimate of drug-likeness (QED) is 0.573. The second-order valence-corrected chi connectivity index (χ2v) is 2.71. The SMILES string of the molecule is CCN(C)C(=O)C1CNC1. The minimum atomic E-state index is 0.255. The van der Waals surface area contributed by atoms with Crippen molar-refractivity contribution < 1.29 is 4.79 Å². The van der Waals surface area contributed by atoms with Crippen molar-refractivity contribution in [2.24, 2.45) is 5.92 Å². The molecule has 0 unspecified atom stereocenters. The fraction of sp³-hybridized carbons (Fsp3) is 0.857. The van der Waals surface area contributed by atoms with Gasteiger partial charge in [-0.1, -0.05) is 0 Å². The zero-order valence-corrected chi connectivity index (χ0v) is 6.55. The molecule has 1 amide bonds. The molecule has 1 rings (SSSR count). The number of amides is 1. The van der Waals surface area contributed by atoms with E-state index in [0.29, 0.717) is 0 Å². The molecule has 0 aromatic carbocycles. The minimum Gasteiger partial charge on any atom is -0.346 e. The molecule has 0 atom stereocenters. The van der Waals surface area contributed by atoms with Crippen LogP contribution in [0.25, 0.3) is 0 Å². The van der Waals surface area contributed by atoms with Gasteiger partial charge in [0.15, 0.2) is 0 Å². The lowest BCUT2D eigenvalue weighted by molar-refractivity contribution is -0.135. The molecule has 10 heavy (non-hydrogen) atoms. The van der Waals surface area contributed by atoms with Gasteiger partial charge in [0.2, 0.25) is 5.91 Å². The Kier molecular flexibility index (Phi) is 2.27. The Morgan fingerprint density at radius 3 is 2.60 bits per heavy atom. The van der Waals surface area contributed by atoms with E-state index in [1.807, 2.05) is 14.0 Å². The molecule has 0 radical (unpaired) electrons. The van der Waals surface area contributed by atoms with Crippen molar-refractivity contribution >= 4 is 5.91 Å². The second kappa shape index (κ2) is 3.01. The third kappa shape index (κ3) is 1.29. The van der Waals surface area contributed by atoms with Crippen molar-refractivity contribution in [3.05, 3.63) is 0 Å². The third-order valence-corrected chi connectivity index (χ3v) is 1.98. The summed E-state index contributed by atoms with van der Waals surface area (Å²) in [6, 6.07) is 0. The lowest BCUT2D eigenvalue weighted by Crippen LogP contribution is -2.51. The smallest absolute Gasteiger partial charge is 0.227 e. The van der Waals surface area contributed by atoms with E-state index < -0.39 is 0 Å². The van der Waals surface area contributed by atoms with Crippen molar-refractivity contribution in [3.8, 4) is 0 Å². The highest BCUT2D eigenvalue weighted by molar-refractivity contribution is 5.79. The summed E-state index contributed by atoms with van der Waals surface area (Å²) >= 11 is 0. The van der Waals surface area contributed by atoms with Crippen LogP contribution in [0.5, 0.6) is 0 Å². The Labute approximate surface area is 61.4 Å². The van der Waals surface area contributed by atoms with Crippen LogP contribution in [0.4, 0.5) is 0 Å². The van der Waals surface area contributed by atoms with Crippen LogP contribution < -0.4 is 5.32 Å². The number of hydrogen-bond acceptors (Lipinski definition) is 2. The Hall–Kier alpha value is -0.570. The molecule has 3 heteroatoms. The van der Waals surface area contributed by atoms with Crippen molar-refractivity contribution in [2.75, 3.05) is 26.7 Å². The summed E-state index contributed by atoms with van der Waals surface area (Å²) in [5.41, 5.74) is 0. The molecular formula is C7H14N2O. The van der Waals surface area contributed by atoms with Crippen LogP contribution >= 0.6 is 0 Å². The molecule has 1 N–H and O–H groups in total. The maximum atomic E-state index is 11.2. The van der Waals surface area contributed by atoms with E-state index in [0.717, 1.165) is 19.6 Å². The topological polar surface area (TPSA) is 32.3 Å². The van der Waals surface area contributed by atoms with E-state index in [2.05, 4.69) is 5.32 Å². The lowest BCUT2D eigenvalue weighted by atomic mass is 10.0. The van der Waals surface area contributed by atoms with Gasteiger partial charge in [-0.25, -0.2) is 0 Å². The van der Waals surface area contributed by atoms with Crippen LogP contribution in [0.2, 0.25) is 0 Å². The molecule has 1 fully saturated rings. The zero-order valence-electron chi connectivity index (χ0n) is 6.55. The predicted molar refractivity (Wildman–Crippen MR) is 39.7 cm³/mol. The summed E-state index contributed by atoms with van der Waals surface area (Å²) in [7, 11) is 1.85. The van der Waals surface area contributed by atoms with Gasteiger partial charge in [-0.15, -0.1) is 0 Å². The van der Waals surface area contributed by atoms with E-state index in [-0.39, 0.29) is 11.8 Å². The van der Waals surface area contributed by atoms with Crippen molar-refractivity contribution in [1.29, 1.82) is 0 Å². The van der Waals surface area contributed by atoms with E-state index in [4.69, 9.17) is 0 Å². The number of nitrogens with zero attached hydrogens (tertiary/aromatic N) is 1. The normalized spacial score (nSPS) is 18.2. The van der Waals surface area contributed by atoms with Crippen LogP contribution in [0.1, 0.15) is 6.92 Å². The molecule has 0 aromatic rings. The second-order valence-electron chi connectivity index (χ2n) is 2.71. The summed E-state index contributed by atoms with van der Waals surface area (Å²) in [5, 5.41) is 3.07. The fourth-order valence-electron chi connectivity index (χ4n) is 0.931. The van der Waals surface area contributed by atoms with Gasteiger partial charge >= 0.3 is 0 Å². The van der Waals surface area contributed by atoms with Crippen molar-refractivity contribution in [2.45, 2.75) is 6.92 Å². The number of hydrogen-bond donors (Lipinski definition) is 1. The maximum Gasteiger partial charge on any atom is 0.227 e. The zero-order chi connectivity index (χ0) is 7.56. The molecule has 0 saturated carbocycles. The average molecular weight is 142 g/mol. The van der Waals surface area contributed by atoms with Gasteiger partial charge in [-0.05, 0) is 6.92 Å². The highest BCUT2D eigenvalue weighted by Gasteiger charge is 2.26. The highest BCUT2D eigenvalue weighted by atomic mass is 16.2. The minimum absolute atomic E-state index is 0.255. The molecule has 1 saturated heterocycles. The third-order valence-electron chi connectivity index (χ3n) is 1.98. The first kappa shape index (κ1) is 7.54. The van der Waals surface area contributed by atoms with Crippen LogP contribution in [0.3, 0.4) is 0 Å². The van der Waals surface area contributed by atoms with E-state index >= 15 is 0 Å². The van der Waals surface area contributed by atoms with Crippen molar-refractivity contribution in [1.82, 2.24) is 10.2 Å². The van der Waals surface area contributed by atoms with Gasteiger partial charge in [0, 0.05) is 26.7 Å².